The van der Waals surface area contributed by atoms with E-state index in [0.717, 1.165) is 0 Å². The number of rotatable bonds is 1. The second-order valence-electron chi connectivity index (χ2n) is 4.35. The van der Waals surface area contributed by atoms with Crippen LogP contribution in [0.3, 0.4) is 0 Å². The maximum Gasteiger partial charge on any atom is 0.259 e. The molecule has 1 amide bonds. The van der Waals surface area contributed by atoms with Crippen LogP contribution in [0.4, 0.5) is 13.2 Å². The van der Waals surface area contributed by atoms with E-state index in [0.29, 0.717) is 31.8 Å². The highest BCUT2D eigenvalue weighted by atomic mass is 19.1. The van der Waals surface area contributed by atoms with Crippen molar-refractivity contribution in [3.63, 3.8) is 0 Å². The van der Waals surface area contributed by atoms with Crippen LogP contribution in [-0.2, 0) is 0 Å². The summed E-state index contributed by atoms with van der Waals surface area (Å²) in [5, 5.41) is 3.12. The molecular formula is C12H13F3N2O. The summed E-state index contributed by atoms with van der Waals surface area (Å²) in [4.78, 5) is 13.4. The zero-order valence-corrected chi connectivity index (χ0v) is 9.84. The van der Waals surface area contributed by atoms with Crippen molar-refractivity contribution in [2.45, 2.75) is 13.0 Å². The van der Waals surface area contributed by atoms with E-state index >= 15 is 0 Å². The molecule has 18 heavy (non-hydrogen) atoms. The third-order valence-corrected chi connectivity index (χ3v) is 2.88. The lowest BCUT2D eigenvalue weighted by Crippen LogP contribution is -2.51. The van der Waals surface area contributed by atoms with Gasteiger partial charge in [0.25, 0.3) is 5.91 Å². The number of nitrogens with zero attached hydrogens (tertiary/aromatic N) is 1. The number of carbonyl (C=O) groups is 1. The summed E-state index contributed by atoms with van der Waals surface area (Å²) in [6.07, 6.45) is 0. The van der Waals surface area contributed by atoms with Crippen LogP contribution in [0.5, 0.6) is 0 Å². The third-order valence-electron chi connectivity index (χ3n) is 2.88. The molecular weight excluding hydrogens is 245 g/mol. The van der Waals surface area contributed by atoms with Gasteiger partial charge in [-0.25, -0.2) is 13.2 Å². The largest absolute Gasteiger partial charge is 0.336 e. The van der Waals surface area contributed by atoms with Crippen molar-refractivity contribution in [1.29, 1.82) is 0 Å². The average Bonchev–Trinajstić information content (AvgIpc) is 2.27. The van der Waals surface area contributed by atoms with Crippen LogP contribution in [0, 0.1) is 17.5 Å². The molecule has 1 heterocycles. The van der Waals surface area contributed by atoms with Gasteiger partial charge in [0, 0.05) is 37.8 Å². The molecule has 98 valence electrons. The number of piperazine rings is 1. The molecule has 1 atom stereocenters. The summed E-state index contributed by atoms with van der Waals surface area (Å²) in [6, 6.07) is 1.10. The fourth-order valence-corrected chi connectivity index (χ4v) is 2.02. The molecule has 0 aliphatic carbocycles. The van der Waals surface area contributed by atoms with Crippen LogP contribution in [0.25, 0.3) is 0 Å². The predicted octanol–water partition coefficient (Wildman–Crippen LogP) is 1.54. The Kier molecular flexibility index (Phi) is 3.56. The number of benzene rings is 1. The van der Waals surface area contributed by atoms with Crippen molar-refractivity contribution in [3.05, 3.63) is 35.1 Å². The smallest absolute Gasteiger partial charge is 0.259 e. The Morgan fingerprint density at radius 2 is 1.94 bits per heavy atom. The second-order valence-corrected chi connectivity index (χ2v) is 4.35. The molecule has 0 bridgehead atoms. The Bertz CT molecular complexity index is 455. The van der Waals surface area contributed by atoms with Crippen LogP contribution < -0.4 is 5.32 Å². The standard InChI is InChI=1S/C12H13F3N2O/c1-7-6-17(3-2-16-7)12(18)11-9(14)4-8(13)5-10(11)15/h4-5,7,16H,2-3,6H2,1H3/t7-/m1/s1. The first-order chi connectivity index (χ1) is 8.49. The van der Waals surface area contributed by atoms with Gasteiger partial charge in [0.05, 0.1) is 0 Å². The highest BCUT2D eigenvalue weighted by molar-refractivity contribution is 5.94. The van der Waals surface area contributed by atoms with Crippen LogP contribution in [0.1, 0.15) is 17.3 Å². The Labute approximate surface area is 103 Å². The van der Waals surface area contributed by atoms with Gasteiger partial charge in [-0.15, -0.1) is 0 Å². The summed E-state index contributed by atoms with van der Waals surface area (Å²) < 4.78 is 39.7. The molecule has 6 heteroatoms. The van der Waals surface area contributed by atoms with Gasteiger partial charge in [0.1, 0.15) is 23.0 Å². The fraction of sp³-hybridized carbons (Fsp3) is 0.417. The summed E-state index contributed by atoms with van der Waals surface area (Å²) in [5.74, 6) is -4.10. The SMILES string of the molecule is C[C@@H]1CN(C(=O)c2c(F)cc(F)cc2F)CCN1. The van der Waals surface area contributed by atoms with E-state index in [9.17, 15) is 18.0 Å². The van der Waals surface area contributed by atoms with Crippen LogP contribution >= 0.6 is 0 Å². The second kappa shape index (κ2) is 4.97. The molecule has 0 unspecified atom stereocenters. The molecule has 0 radical (unpaired) electrons. The minimum atomic E-state index is -1.16. The lowest BCUT2D eigenvalue weighted by atomic mass is 10.1. The molecule has 0 saturated carbocycles. The Morgan fingerprint density at radius 3 is 2.50 bits per heavy atom. The van der Waals surface area contributed by atoms with Crippen molar-refractivity contribution in [1.82, 2.24) is 10.2 Å². The third kappa shape index (κ3) is 2.48. The summed E-state index contributed by atoms with van der Waals surface area (Å²) in [7, 11) is 0. The normalized spacial score (nSPS) is 20.0. The molecule has 0 aromatic heterocycles. The van der Waals surface area contributed by atoms with Gasteiger partial charge < -0.3 is 10.2 Å². The van der Waals surface area contributed by atoms with Crippen LogP contribution in [-0.4, -0.2) is 36.5 Å². The summed E-state index contributed by atoms with van der Waals surface area (Å²) >= 11 is 0. The first-order valence-corrected chi connectivity index (χ1v) is 5.66. The Morgan fingerprint density at radius 1 is 1.33 bits per heavy atom. The van der Waals surface area contributed by atoms with Crippen LogP contribution in [0.15, 0.2) is 12.1 Å². The van der Waals surface area contributed by atoms with E-state index in [1.165, 1.54) is 4.90 Å². The van der Waals surface area contributed by atoms with Gasteiger partial charge in [-0.05, 0) is 6.92 Å². The lowest BCUT2D eigenvalue weighted by molar-refractivity contribution is 0.0699. The molecule has 1 aliphatic rings. The average molecular weight is 258 g/mol. The number of halogens is 3. The van der Waals surface area contributed by atoms with Crippen molar-refractivity contribution >= 4 is 5.91 Å². The molecule has 1 fully saturated rings. The molecule has 3 nitrogen and oxygen atoms in total. The zero-order valence-electron chi connectivity index (χ0n) is 9.84. The Hall–Kier alpha value is -1.56. The van der Waals surface area contributed by atoms with Crippen molar-refractivity contribution in [3.8, 4) is 0 Å². The number of nitrogens with one attached hydrogen (secondary N) is 1. The van der Waals surface area contributed by atoms with E-state index in [2.05, 4.69) is 5.32 Å². The topological polar surface area (TPSA) is 32.3 Å². The quantitative estimate of drug-likeness (QED) is 0.828. The highest BCUT2D eigenvalue weighted by Gasteiger charge is 2.26. The van der Waals surface area contributed by atoms with E-state index in [-0.39, 0.29) is 6.04 Å². The molecule has 0 spiro atoms. The molecule has 1 aromatic carbocycles. The lowest BCUT2D eigenvalue weighted by Gasteiger charge is -2.32. The number of hydrogen-bond donors (Lipinski definition) is 1. The van der Waals surface area contributed by atoms with E-state index in [4.69, 9.17) is 0 Å². The monoisotopic (exact) mass is 258 g/mol. The van der Waals surface area contributed by atoms with Gasteiger partial charge in [0.2, 0.25) is 0 Å². The molecule has 1 aliphatic heterocycles. The number of hydrogen-bond acceptors (Lipinski definition) is 2. The molecule has 1 aromatic rings. The van der Waals surface area contributed by atoms with Gasteiger partial charge >= 0.3 is 0 Å². The maximum atomic E-state index is 13.5. The first kappa shape index (κ1) is 12.9. The van der Waals surface area contributed by atoms with E-state index < -0.39 is 28.9 Å². The van der Waals surface area contributed by atoms with Gasteiger partial charge in [-0.2, -0.15) is 0 Å². The van der Waals surface area contributed by atoms with Crippen molar-refractivity contribution in [2.75, 3.05) is 19.6 Å². The van der Waals surface area contributed by atoms with Crippen LogP contribution in [0.2, 0.25) is 0 Å². The van der Waals surface area contributed by atoms with Gasteiger partial charge in [-0.1, -0.05) is 0 Å². The number of amides is 1. The maximum absolute atomic E-state index is 13.5. The fourth-order valence-electron chi connectivity index (χ4n) is 2.02. The van der Waals surface area contributed by atoms with E-state index in [1.54, 1.807) is 0 Å². The highest BCUT2D eigenvalue weighted by Crippen LogP contribution is 2.17. The minimum absolute atomic E-state index is 0.0641. The first-order valence-electron chi connectivity index (χ1n) is 5.66. The minimum Gasteiger partial charge on any atom is -0.336 e. The van der Waals surface area contributed by atoms with Crippen molar-refractivity contribution in [2.24, 2.45) is 0 Å². The summed E-state index contributed by atoms with van der Waals surface area (Å²) in [5.41, 5.74) is -0.689. The van der Waals surface area contributed by atoms with E-state index in [1.807, 2.05) is 6.92 Å². The van der Waals surface area contributed by atoms with Gasteiger partial charge in [0.15, 0.2) is 0 Å². The molecule has 1 N–H and O–H groups in total. The predicted molar refractivity (Wildman–Crippen MR) is 59.7 cm³/mol. The zero-order chi connectivity index (χ0) is 13.3. The number of carbonyl (C=O) groups excluding carboxylic acids is 1. The summed E-state index contributed by atoms with van der Waals surface area (Å²) in [6.45, 7) is 3.18. The van der Waals surface area contributed by atoms with Crippen molar-refractivity contribution < 1.29 is 18.0 Å². The molecule has 1 saturated heterocycles. The van der Waals surface area contributed by atoms with Gasteiger partial charge in [-0.3, -0.25) is 4.79 Å². The molecule has 2 rings (SSSR count). The Balaban J connectivity index is 2.28.